The highest BCUT2D eigenvalue weighted by Gasteiger charge is 2.21. The minimum Gasteiger partial charge on any atom is -0.392 e. The van der Waals surface area contributed by atoms with Crippen molar-refractivity contribution in [1.82, 2.24) is 9.80 Å². The lowest BCUT2D eigenvalue weighted by Gasteiger charge is -2.31. The fourth-order valence-corrected chi connectivity index (χ4v) is 2.27. The quantitative estimate of drug-likeness (QED) is 0.758. The van der Waals surface area contributed by atoms with Crippen molar-refractivity contribution in [2.24, 2.45) is 0 Å². The van der Waals surface area contributed by atoms with E-state index in [0.29, 0.717) is 13.1 Å². The summed E-state index contributed by atoms with van der Waals surface area (Å²) in [5.74, 6) is 0.204. The van der Waals surface area contributed by atoms with Crippen molar-refractivity contribution in [2.75, 3.05) is 32.7 Å². The highest BCUT2D eigenvalue weighted by molar-refractivity contribution is 5.78. The highest BCUT2D eigenvalue weighted by atomic mass is 16.3. The monoisotopic (exact) mass is 242 g/mol. The first-order valence-electron chi connectivity index (χ1n) is 6.85. The lowest BCUT2D eigenvalue weighted by molar-refractivity contribution is -0.133. The molecule has 0 spiro atoms. The van der Waals surface area contributed by atoms with E-state index in [2.05, 4.69) is 11.8 Å². The summed E-state index contributed by atoms with van der Waals surface area (Å²) in [6, 6.07) is 0. The van der Waals surface area contributed by atoms with E-state index in [0.717, 1.165) is 45.3 Å². The van der Waals surface area contributed by atoms with Crippen LogP contribution in [-0.2, 0) is 4.79 Å². The predicted octanol–water partition coefficient (Wildman–Crippen LogP) is 1.09. The number of hydrogen-bond acceptors (Lipinski definition) is 3. The maximum Gasteiger partial charge on any atom is 0.236 e. The molecule has 1 aliphatic rings. The molecular formula is C13H26N2O2. The summed E-state index contributed by atoms with van der Waals surface area (Å²) in [5, 5.41) is 9.56. The van der Waals surface area contributed by atoms with Crippen molar-refractivity contribution in [3.63, 3.8) is 0 Å². The van der Waals surface area contributed by atoms with Crippen LogP contribution in [0.5, 0.6) is 0 Å². The number of β-amino-alcohol motifs (C(OH)–C–C–N with tert-alkyl or cyclic N) is 1. The summed E-state index contributed by atoms with van der Waals surface area (Å²) in [6.07, 6.45) is 3.81. The van der Waals surface area contributed by atoms with Crippen molar-refractivity contribution < 1.29 is 9.90 Å². The molecular weight excluding hydrogens is 216 g/mol. The van der Waals surface area contributed by atoms with Crippen molar-refractivity contribution in [3.05, 3.63) is 0 Å². The van der Waals surface area contributed by atoms with E-state index in [1.807, 2.05) is 11.8 Å². The van der Waals surface area contributed by atoms with Crippen LogP contribution >= 0.6 is 0 Å². The van der Waals surface area contributed by atoms with Crippen molar-refractivity contribution >= 4 is 5.91 Å². The molecule has 0 aromatic carbocycles. The Hall–Kier alpha value is -0.610. The topological polar surface area (TPSA) is 43.8 Å². The summed E-state index contributed by atoms with van der Waals surface area (Å²) in [4.78, 5) is 16.1. The molecule has 1 amide bonds. The second kappa shape index (κ2) is 7.67. The van der Waals surface area contributed by atoms with Gasteiger partial charge in [0.2, 0.25) is 5.91 Å². The van der Waals surface area contributed by atoms with Crippen LogP contribution < -0.4 is 0 Å². The zero-order chi connectivity index (χ0) is 12.7. The first-order valence-corrected chi connectivity index (χ1v) is 6.85. The van der Waals surface area contributed by atoms with Gasteiger partial charge in [0.05, 0.1) is 12.6 Å². The van der Waals surface area contributed by atoms with Gasteiger partial charge >= 0.3 is 0 Å². The van der Waals surface area contributed by atoms with Gasteiger partial charge in [-0.1, -0.05) is 13.3 Å². The van der Waals surface area contributed by atoms with Gasteiger partial charge in [-0.25, -0.2) is 0 Å². The molecule has 1 rings (SSSR count). The van der Waals surface area contributed by atoms with Gasteiger partial charge in [-0.05, 0) is 32.7 Å². The molecule has 0 aromatic rings. The fraction of sp³-hybridized carbons (Fsp3) is 0.923. The number of amides is 1. The Bertz CT molecular complexity index is 233. The van der Waals surface area contributed by atoms with Gasteiger partial charge in [0.25, 0.3) is 0 Å². The summed E-state index contributed by atoms with van der Waals surface area (Å²) >= 11 is 0. The minimum absolute atomic E-state index is 0.204. The number of aliphatic hydroxyl groups is 1. The second-order valence-corrected chi connectivity index (χ2v) is 4.86. The van der Waals surface area contributed by atoms with Gasteiger partial charge in [0.15, 0.2) is 0 Å². The first kappa shape index (κ1) is 14.5. The molecule has 1 aliphatic heterocycles. The molecule has 1 unspecified atom stereocenters. The molecule has 4 nitrogen and oxygen atoms in total. The Morgan fingerprint density at radius 1 is 1.47 bits per heavy atom. The van der Waals surface area contributed by atoms with E-state index >= 15 is 0 Å². The average molecular weight is 242 g/mol. The SMILES string of the molecule is CCCCN(CC)C(=O)CN1CCCC(O)C1. The summed E-state index contributed by atoms with van der Waals surface area (Å²) < 4.78 is 0. The largest absolute Gasteiger partial charge is 0.392 e. The second-order valence-electron chi connectivity index (χ2n) is 4.86. The zero-order valence-electron chi connectivity index (χ0n) is 11.2. The molecule has 1 heterocycles. The Morgan fingerprint density at radius 3 is 2.82 bits per heavy atom. The van der Waals surface area contributed by atoms with Gasteiger partial charge in [-0.2, -0.15) is 0 Å². The summed E-state index contributed by atoms with van der Waals surface area (Å²) in [5.41, 5.74) is 0. The highest BCUT2D eigenvalue weighted by Crippen LogP contribution is 2.10. The Kier molecular flexibility index (Phi) is 6.52. The maximum absolute atomic E-state index is 12.1. The van der Waals surface area contributed by atoms with Gasteiger partial charge in [0, 0.05) is 19.6 Å². The van der Waals surface area contributed by atoms with Crippen LogP contribution in [-0.4, -0.2) is 59.6 Å². The number of unbranched alkanes of at least 4 members (excludes halogenated alkanes) is 1. The number of hydrogen-bond donors (Lipinski definition) is 1. The van der Waals surface area contributed by atoms with E-state index in [1.54, 1.807) is 0 Å². The van der Waals surface area contributed by atoms with Crippen LogP contribution in [0.3, 0.4) is 0 Å². The van der Waals surface area contributed by atoms with Crippen LogP contribution in [0.1, 0.15) is 39.5 Å². The number of carbonyl (C=O) groups excluding carboxylic acids is 1. The lowest BCUT2D eigenvalue weighted by atomic mass is 10.1. The van der Waals surface area contributed by atoms with Crippen LogP contribution in [0.2, 0.25) is 0 Å². The number of likely N-dealkylation sites (tertiary alicyclic amines) is 1. The molecule has 0 aromatic heterocycles. The third kappa shape index (κ3) is 5.04. The molecule has 0 aliphatic carbocycles. The molecule has 4 heteroatoms. The lowest BCUT2D eigenvalue weighted by Crippen LogP contribution is -2.45. The third-order valence-corrected chi connectivity index (χ3v) is 3.36. The van der Waals surface area contributed by atoms with Crippen molar-refractivity contribution in [2.45, 2.75) is 45.6 Å². The number of aliphatic hydroxyl groups excluding tert-OH is 1. The molecule has 0 saturated carbocycles. The van der Waals surface area contributed by atoms with Gasteiger partial charge in [0.1, 0.15) is 0 Å². The number of likely N-dealkylation sites (N-methyl/N-ethyl adjacent to an activating group) is 1. The van der Waals surface area contributed by atoms with E-state index in [-0.39, 0.29) is 12.0 Å². The third-order valence-electron chi connectivity index (χ3n) is 3.36. The maximum atomic E-state index is 12.1. The van der Waals surface area contributed by atoms with E-state index < -0.39 is 0 Å². The fourth-order valence-electron chi connectivity index (χ4n) is 2.27. The van der Waals surface area contributed by atoms with Gasteiger partial charge in [-0.3, -0.25) is 9.69 Å². The molecule has 1 atom stereocenters. The van der Waals surface area contributed by atoms with Crippen LogP contribution in [0.4, 0.5) is 0 Å². The molecule has 1 N–H and O–H groups in total. The van der Waals surface area contributed by atoms with E-state index in [4.69, 9.17) is 0 Å². The smallest absolute Gasteiger partial charge is 0.236 e. The first-order chi connectivity index (χ1) is 8.17. The Morgan fingerprint density at radius 2 is 2.24 bits per heavy atom. The number of nitrogens with zero attached hydrogens (tertiary/aromatic N) is 2. The van der Waals surface area contributed by atoms with Crippen LogP contribution in [0, 0.1) is 0 Å². The number of carbonyl (C=O) groups is 1. The van der Waals surface area contributed by atoms with Crippen molar-refractivity contribution in [1.29, 1.82) is 0 Å². The molecule has 17 heavy (non-hydrogen) atoms. The molecule has 1 saturated heterocycles. The van der Waals surface area contributed by atoms with Gasteiger partial charge in [-0.15, -0.1) is 0 Å². The van der Waals surface area contributed by atoms with E-state index in [9.17, 15) is 9.90 Å². The zero-order valence-corrected chi connectivity index (χ0v) is 11.2. The molecule has 1 fully saturated rings. The summed E-state index contributed by atoms with van der Waals surface area (Å²) in [7, 11) is 0. The van der Waals surface area contributed by atoms with Crippen LogP contribution in [0.25, 0.3) is 0 Å². The van der Waals surface area contributed by atoms with E-state index in [1.165, 1.54) is 0 Å². The Balaban J connectivity index is 2.35. The average Bonchev–Trinajstić information content (AvgIpc) is 2.30. The molecule has 0 bridgehead atoms. The number of rotatable bonds is 6. The standard InChI is InChI=1S/C13H26N2O2/c1-3-5-9-15(4-2)13(17)11-14-8-6-7-12(16)10-14/h12,16H,3-11H2,1-2H3. The van der Waals surface area contributed by atoms with Crippen molar-refractivity contribution in [3.8, 4) is 0 Å². The molecule has 100 valence electrons. The Labute approximate surface area is 105 Å². The van der Waals surface area contributed by atoms with Gasteiger partial charge < -0.3 is 10.0 Å². The minimum atomic E-state index is -0.248. The number of piperidine rings is 1. The molecule has 0 radical (unpaired) electrons. The predicted molar refractivity (Wildman–Crippen MR) is 68.8 cm³/mol. The van der Waals surface area contributed by atoms with Crippen LogP contribution in [0.15, 0.2) is 0 Å². The summed E-state index contributed by atoms with van der Waals surface area (Å²) in [6.45, 7) is 7.87. The normalized spacial score (nSPS) is 21.5.